The minimum Gasteiger partial charge on any atom is -0.456 e. The SMILES string of the molecule is CCNC(=C1CCC1)c1cc2c(=O)n(C)cc(-c3cc(C(C)(C)O)ccc3Oc3c(C)cc(F)cc3C)c2s1. The number of allylic oxidation sites excluding steroid dienone is 1. The van der Waals surface area contributed by atoms with Crippen molar-refractivity contribution in [2.45, 2.75) is 59.5 Å². The lowest BCUT2D eigenvalue weighted by Crippen LogP contribution is -2.17. The zero-order valence-corrected chi connectivity index (χ0v) is 24.2. The fourth-order valence-corrected chi connectivity index (χ4v) is 6.36. The molecule has 7 heteroatoms. The zero-order valence-electron chi connectivity index (χ0n) is 23.4. The molecule has 0 aliphatic heterocycles. The molecule has 0 amide bonds. The number of hydrogen-bond donors (Lipinski definition) is 2. The molecule has 0 unspecified atom stereocenters. The van der Waals surface area contributed by atoms with Crippen molar-refractivity contribution in [3.05, 3.63) is 85.9 Å². The van der Waals surface area contributed by atoms with Gasteiger partial charge in [-0.25, -0.2) is 4.39 Å². The Labute approximate surface area is 232 Å². The molecule has 0 radical (unpaired) electrons. The summed E-state index contributed by atoms with van der Waals surface area (Å²) in [6.07, 6.45) is 5.18. The van der Waals surface area contributed by atoms with Crippen molar-refractivity contribution in [2.24, 2.45) is 7.05 Å². The molecule has 204 valence electrons. The van der Waals surface area contributed by atoms with Crippen molar-refractivity contribution in [1.82, 2.24) is 9.88 Å². The lowest BCUT2D eigenvalue weighted by molar-refractivity contribution is 0.0786. The van der Waals surface area contributed by atoms with Crippen molar-refractivity contribution in [3.63, 3.8) is 0 Å². The Hall–Kier alpha value is -3.42. The third kappa shape index (κ3) is 5.13. The maximum absolute atomic E-state index is 14.0. The maximum atomic E-state index is 14.0. The van der Waals surface area contributed by atoms with Gasteiger partial charge in [0.25, 0.3) is 5.56 Å². The lowest BCUT2D eigenvalue weighted by atomic mass is 9.90. The standard InChI is InChI=1S/C32H35FN2O3S/c1-7-34-28(20-9-8-10-20)27-16-24-30(39-27)25(17-35(6)31(24)36)23-15-21(32(4,5)37)11-12-26(23)38-29-18(2)13-22(33)14-19(29)3/h11-17,34,37H,7-10H2,1-6H3. The number of nitrogens with zero attached hydrogens (tertiary/aromatic N) is 1. The number of hydrogen-bond acceptors (Lipinski definition) is 5. The van der Waals surface area contributed by atoms with Gasteiger partial charge in [-0.15, -0.1) is 11.3 Å². The fourth-order valence-electron chi connectivity index (χ4n) is 5.11. The summed E-state index contributed by atoms with van der Waals surface area (Å²) in [7, 11) is 1.76. The molecule has 2 aromatic heterocycles. The number of ether oxygens (including phenoxy) is 1. The van der Waals surface area contributed by atoms with E-state index in [-0.39, 0.29) is 11.4 Å². The van der Waals surface area contributed by atoms with Crippen LogP contribution in [0.15, 0.2) is 53.0 Å². The van der Waals surface area contributed by atoms with Gasteiger partial charge in [0, 0.05) is 35.6 Å². The summed E-state index contributed by atoms with van der Waals surface area (Å²) in [5, 5.41) is 15.0. The maximum Gasteiger partial charge on any atom is 0.259 e. The molecular formula is C32H35FN2O3S. The van der Waals surface area contributed by atoms with Gasteiger partial charge in [0.05, 0.1) is 21.6 Å². The molecule has 2 heterocycles. The summed E-state index contributed by atoms with van der Waals surface area (Å²) in [6.45, 7) is 10.0. The minimum absolute atomic E-state index is 0.0583. The molecule has 1 aliphatic rings. The van der Waals surface area contributed by atoms with Crippen molar-refractivity contribution < 1.29 is 14.2 Å². The van der Waals surface area contributed by atoms with E-state index in [2.05, 4.69) is 12.2 Å². The van der Waals surface area contributed by atoms with Gasteiger partial charge < -0.3 is 19.7 Å². The molecule has 5 nitrogen and oxygen atoms in total. The molecule has 1 aliphatic carbocycles. The van der Waals surface area contributed by atoms with E-state index in [1.165, 1.54) is 24.1 Å². The summed E-state index contributed by atoms with van der Waals surface area (Å²) in [4.78, 5) is 14.4. The first kappa shape index (κ1) is 27.2. The van der Waals surface area contributed by atoms with Crippen molar-refractivity contribution in [1.29, 1.82) is 0 Å². The number of thiophene rings is 1. The molecule has 4 aromatic rings. The third-order valence-corrected chi connectivity index (χ3v) is 8.56. The first-order valence-corrected chi connectivity index (χ1v) is 14.2. The van der Waals surface area contributed by atoms with Gasteiger partial charge >= 0.3 is 0 Å². The summed E-state index contributed by atoms with van der Waals surface area (Å²) in [6, 6.07) is 10.5. The quantitative estimate of drug-likeness (QED) is 0.251. The number of halogens is 1. The Balaban J connectivity index is 1.76. The first-order chi connectivity index (χ1) is 18.5. The van der Waals surface area contributed by atoms with E-state index in [0.29, 0.717) is 28.0 Å². The second kappa shape index (κ2) is 10.3. The van der Waals surface area contributed by atoms with Gasteiger partial charge in [0.1, 0.15) is 17.3 Å². The molecule has 0 spiro atoms. The van der Waals surface area contributed by atoms with Crippen LogP contribution in [0.4, 0.5) is 4.39 Å². The van der Waals surface area contributed by atoms with Crippen LogP contribution in [0.2, 0.25) is 0 Å². The van der Waals surface area contributed by atoms with E-state index in [4.69, 9.17) is 4.74 Å². The van der Waals surface area contributed by atoms with Crippen LogP contribution in [-0.2, 0) is 12.6 Å². The van der Waals surface area contributed by atoms with Gasteiger partial charge in [-0.3, -0.25) is 4.79 Å². The van der Waals surface area contributed by atoms with Crippen LogP contribution >= 0.6 is 11.3 Å². The number of rotatable bonds is 7. The molecule has 5 rings (SSSR count). The van der Waals surface area contributed by atoms with Crippen LogP contribution in [0, 0.1) is 19.7 Å². The van der Waals surface area contributed by atoms with Crippen LogP contribution in [0.25, 0.3) is 26.9 Å². The summed E-state index contributed by atoms with van der Waals surface area (Å²) in [5.74, 6) is 0.851. The summed E-state index contributed by atoms with van der Waals surface area (Å²) >= 11 is 1.60. The van der Waals surface area contributed by atoms with Crippen molar-refractivity contribution in [3.8, 4) is 22.6 Å². The Morgan fingerprint density at radius 1 is 1.13 bits per heavy atom. The second-order valence-electron chi connectivity index (χ2n) is 10.9. The van der Waals surface area contributed by atoms with E-state index in [1.54, 1.807) is 36.8 Å². The number of nitrogens with one attached hydrogen (secondary N) is 1. The lowest BCUT2D eigenvalue weighted by Gasteiger charge is -2.22. The van der Waals surface area contributed by atoms with Gasteiger partial charge in [-0.05, 0) is 106 Å². The monoisotopic (exact) mass is 546 g/mol. The Kier molecular flexibility index (Phi) is 7.16. The normalized spacial score (nSPS) is 13.5. The van der Waals surface area contributed by atoms with Gasteiger partial charge in [-0.2, -0.15) is 0 Å². The van der Waals surface area contributed by atoms with E-state index in [0.717, 1.165) is 51.4 Å². The molecule has 1 fully saturated rings. The number of fused-ring (bicyclic) bond motifs is 1. The number of aliphatic hydroxyl groups is 1. The highest BCUT2D eigenvalue weighted by molar-refractivity contribution is 7.20. The van der Waals surface area contributed by atoms with Crippen LogP contribution in [-0.4, -0.2) is 16.2 Å². The van der Waals surface area contributed by atoms with Gasteiger partial charge in [0.15, 0.2) is 0 Å². The van der Waals surface area contributed by atoms with E-state index >= 15 is 0 Å². The molecule has 1 saturated carbocycles. The Morgan fingerprint density at radius 2 is 1.82 bits per heavy atom. The summed E-state index contributed by atoms with van der Waals surface area (Å²) < 4.78 is 23.0. The molecule has 0 bridgehead atoms. The molecule has 2 N–H and O–H groups in total. The van der Waals surface area contributed by atoms with Crippen molar-refractivity contribution >= 4 is 27.1 Å². The minimum atomic E-state index is -1.08. The number of aromatic nitrogens is 1. The fraction of sp³-hybridized carbons (Fsp3) is 0.344. The molecule has 0 atom stereocenters. The number of benzene rings is 2. The van der Waals surface area contributed by atoms with Crippen LogP contribution < -0.4 is 15.6 Å². The van der Waals surface area contributed by atoms with E-state index in [1.807, 2.05) is 44.3 Å². The largest absolute Gasteiger partial charge is 0.456 e. The smallest absolute Gasteiger partial charge is 0.259 e. The van der Waals surface area contributed by atoms with E-state index in [9.17, 15) is 14.3 Å². The first-order valence-electron chi connectivity index (χ1n) is 13.4. The zero-order chi connectivity index (χ0) is 28.1. The third-order valence-electron chi connectivity index (χ3n) is 7.37. The summed E-state index contributed by atoms with van der Waals surface area (Å²) in [5.41, 5.74) is 5.10. The second-order valence-corrected chi connectivity index (χ2v) is 12.0. The predicted molar refractivity (Wildman–Crippen MR) is 158 cm³/mol. The highest BCUT2D eigenvalue weighted by Crippen LogP contribution is 2.44. The molecule has 39 heavy (non-hydrogen) atoms. The van der Waals surface area contributed by atoms with Crippen LogP contribution in [0.3, 0.4) is 0 Å². The van der Waals surface area contributed by atoms with Crippen molar-refractivity contribution in [2.75, 3.05) is 6.54 Å². The van der Waals surface area contributed by atoms with Crippen LogP contribution in [0.1, 0.15) is 61.6 Å². The molecular weight excluding hydrogens is 511 g/mol. The highest BCUT2D eigenvalue weighted by atomic mass is 32.1. The van der Waals surface area contributed by atoms with Gasteiger partial charge in [0.2, 0.25) is 0 Å². The Morgan fingerprint density at radius 3 is 2.41 bits per heavy atom. The number of aryl methyl sites for hydroxylation is 3. The average molecular weight is 547 g/mol. The van der Waals surface area contributed by atoms with Gasteiger partial charge in [-0.1, -0.05) is 6.07 Å². The van der Waals surface area contributed by atoms with Crippen LogP contribution in [0.5, 0.6) is 11.5 Å². The topological polar surface area (TPSA) is 63.5 Å². The van der Waals surface area contributed by atoms with E-state index < -0.39 is 5.60 Å². The predicted octanol–water partition coefficient (Wildman–Crippen LogP) is 7.55. The number of pyridine rings is 1. The average Bonchev–Trinajstić information content (AvgIpc) is 3.27. The molecule has 0 saturated heterocycles. The highest BCUT2D eigenvalue weighted by Gasteiger charge is 2.24. The Bertz CT molecular complexity index is 1640. The molecule has 2 aromatic carbocycles.